The van der Waals surface area contributed by atoms with Gasteiger partial charge in [0.1, 0.15) is 4.70 Å². The first-order valence-corrected chi connectivity index (χ1v) is 8.84. The number of benzene rings is 1. The topological polar surface area (TPSA) is 96.8 Å². The summed E-state index contributed by atoms with van der Waals surface area (Å²) < 4.78 is 2.06. The number of amides is 1. The fourth-order valence-corrected chi connectivity index (χ4v) is 3.61. The van der Waals surface area contributed by atoms with Gasteiger partial charge in [-0.05, 0) is 17.5 Å². The first-order valence-electron chi connectivity index (χ1n) is 7.96. The van der Waals surface area contributed by atoms with Crippen LogP contribution in [0.2, 0.25) is 0 Å². The number of para-hydroxylation sites is 1. The summed E-state index contributed by atoms with van der Waals surface area (Å²) in [5.41, 5.74) is 1.13. The van der Waals surface area contributed by atoms with Gasteiger partial charge < -0.3 is 10.3 Å². The number of aromatic nitrogens is 3. The minimum absolute atomic E-state index is 0.124. The van der Waals surface area contributed by atoms with Crippen molar-refractivity contribution >= 4 is 38.4 Å². The molecule has 3 aromatic heterocycles. The van der Waals surface area contributed by atoms with Gasteiger partial charge in [0.2, 0.25) is 5.56 Å². The van der Waals surface area contributed by atoms with E-state index in [2.05, 4.69) is 15.3 Å². The molecule has 130 valence electrons. The van der Waals surface area contributed by atoms with Crippen molar-refractivity contribution in [1.29, 1.82) is 0 Å². The lowest BCUT2D eigenvalue weighted by Crippen LogP contribution is -2.31. The Labute approximate surface area is 150 Å². The van der Waals surface area contributed by atoms with Crippen LogP contribution in [0.5, 0.6) is 0 Å². The maximum atomic E-state index is 12.5. The molecule has 0 saturated carbocycles. The second kappa shape index (κ2) is 6.57. The third-order valence-corrected chi connectivity index (χ3v) is 4.96. The number of nitrogens with zero attached hydrogens (tertiary/aromatic N) is 2. The monoisotopic (exact) mass is 366 g/mol. The Balaban J connectivity index is 1.53. The zero-order valence-corrected chi connectivity index (χ0v) is 14.4. The fourth-order valence-electron chi connectivity index (χ4n) is 2.82. The molecule has 0 fully saturated rings. The number of pyridine rings is 1. The fraction of sp³-hybridized carbons (Fsp3) is 0.111. The smallest absolute Gasteiger partial charge is 0.271 e. The van der Waals surface area contributed by atoms with Gasteiger partial charge in [-0.15, -0.1) is 11.3 Å². The van der Waals surface area contributed by atoms with Crippen molar-refractivity contribution in [3.63, 3.8) is 0 Å². The molecule has 1 amide bonds. The molecule has 4 rings (SSSR count). The van der Waals surface area contributed by atoms with Crippen molar-refractivity contribution in [2.24, 2.45) is 0 Å². The van der Waals surface area contributed by atoms with Crippen LogP contribution in [0.15, 0.2) is 57.7 Å². The van der Waals surface area contributed by atoms with Crippen molar-refractivity contribution in [3.05, 3.63) is 74.4 Å². The second-order valence-electron chi connectivity index (χ2n) is 5.73. The molecule has 8 heteroatoms. The molecule has 1 aromatic carbocycles. The van der Waals surface area contributed by atoms with E-state index in [0.29, 0.717) is 33.2 Å². The highest BCUT2D eigenvalue weighted by atomic mass is 32.1. The van der Waals surface area contributed by atoms with Crippen molar-refractivity contribution in [2.45, 2.75) is 6.54 Å². The van der Waals surface area contributed by atoms with E-state index in [4.69, 9.17) is 0 Å². The molecule has 2 N–H and O–H groups in total. The van der Waals surface area contributed by atoms with Crippen molar-refractivity contribution in [1.82, 2.24) is 19.9 Å². The van der Waals surface area contributed by atoms with E-state index in [1.807, 2.05) is 5.38 Å². The van der Waals surface area contributed by atoms with Gasteiger partial charge in [0.05, 0.1) is 17.4 Å². The molecule has 26 heavy (non-hydrogen) atoms. The van der Waals surface area contributed by atoms with Gasteiger partial charge in [-0.1, -0.05) is 18.2 Å². The third kappa shape index (κ3) is 2.91. The van der Waals surface area contributed by atoms with E-state index in [0.717, 1.165) is 0 Å². The molecule has 0 unspecified atom stereocenters. The van der Waals surface area contributed by atoms with E-state index >= 15 is 0 Å². The highest BCUT2D eigenvalue weighted by Gasteiger charge is 2.11. The molecule has 0 aliphatic carbocycles. The van der Waals surface area contributed by atoms with Crippen LogP contribution in [-0.2, 0) is 6.54 Å². The lowest BCUT2D eigenvalue weighted by molar-refractivity contribution is 0.0953. The molecule has 0 radical (unpaired) electrons. The molecule has 4 aromatic rings. The van der Waals surface area contributed by atoms with Crippen LogP contribution in [0.4, 0.5) is 0 Å². The average molecular weight is 366 g/mol. The van der Waals surface area contributed by atoms with Gasteiger partial charge in [-0.25, -0.2) is 4.98 Å². The molecule has 0 aliphatic rings. The highest BCUT2D eigenvalue weighted by Crippen LogP contribution is 2.14. The summed E-state index contributed by atoms with van der Waals surface area (Å²) in [7, 11) is 0. The van der Waals surface area contributed by atoms with Crippen LogP contribution < -0.4 is 16.4 Å². The van der Waals surface area contributed by atoms with Crippen LogP contribution in [0.1, 0.15) is 10.4 Å². The zero-order valence-electron chi connectivity index (χ0n) is 13.6. The SMILES string of the molecule is O=C(NCCn1cnc2ccsc2c1=O)c1cc(=O)[nH]c2ccccc12. The lowest BCUT2D eigenvalue weighted by Gasteiger charge is -2.09. The predicted molar refractivity (Wildman–Crippen MR) is 101 cm³/mol. The molecule has 0 atom stereocenters. The van der Waals surface area contributed by atoms with Crippen molar-refractivity contribution < 1.29 is 4.79 Å². The number of H-pyrrole nitrogens is 1. The Kier molecular flexibility index (Phi) is 4.10. The van der Waals surface area contributed by atoms with Crippen LogP contribution in [0, 0.1) is 0 Å². The second-order valence-corrected chi connectivity index (χ2v) is 6.64. The Morgan fingerprint density at radius 3 is 2.96 bits per heavy atom. The number of carbonyl (C=O) groups is 1. The molecule has 0 spiro atoms. The van der Waals surface area contributed by atoms with Gasteiger partial charge in [0.25, 0.3) is 11.5 Å². The van der Waals surface area contributed by atoms with E-state index in [1.54, 1.807) is 30.3 Å². The molecular weight excluding hydrogens is 352 g/mol. The van der Waals surface area contributed by atoms with E-state index in [9.17, 15) is 14.4 Å². The average Bonchev–Trinajstić information content (AvgIpc) is 3.12. The first kappa shape index (κ1) is 16.2. The van der Waals surface area contributed by atoms with Crippen LogP contribution >= 0.6 is 11.3 Å². The number of hydrogen-bond donors (Lipinski definition) is 2. The van der Waals surface area contributed by atoms with Crippen molar-refractivity contribution in [3.8, 4) is 0 Å². The number of nitrogens with one attached hydrogen (secondary N) is 2. The quantitative estimate of drug-likeness (QED) is 0.575. The standard InChI is InChI=1S/C18H14N4O3S/c23-15-9-12(11-3-1-2-4-13(11)21-15)17(24)19-6-7-22-10-20-14-5-8-26-16(14)18(22)25/h1-5,8-10H,6-7H2,(H,19,24)(H,21,23). The van der Waals surface area contributed by atoms with Gasteiger partial charge in [-0.2, -0.15) is 0 Å². The summed E-state index contributed by atoms with van der Waals surface area (Å²) in [5, 5.41) is 5.25. The molecular formula is C18H14N4O3S. The normalized spacial score (nSPS) is 11.1. The van der Waals surface area contributed by atoms with Gasteiger partial charge >= 0.3 is 0 Å². The van der Waals surface area contributed by atoms with Gasteiger partial charge in [0, 0.05) is 30.1 Å². The number of carbonyl (C=O) groups excluding carboxylic acids is 1. The molecule has 0 saturated heterocycles. The van der Waals surface area contributed by atoms with E-state index < -0.39 is 0 Å². The predicted octanol–water partition coefficient (Wildman–Crippen LogP) is 1.73. The first-order chi connectivity index (χ1) is 12.6. The van der Waals surface area contributed by atoms with E-state index in [-0.39, 0.29) is 23.6 Å². The van der Waals surface area contributed by atoms with E-state index in [1.165, 1.54) is 28.3 Å². The maximum absolute atomic E-state index is 12.5. The maximum Gasteiger partial charge on any atom is 0.271 e. The lowest BCUT2D eigenvalue weighted by atomic mass is 10.1. The van der Waals surface area contributed by atoms with Crippen LogP contribution in [0.25, 0.3) is 21.1 Å². The molecule has 3 heterocycles. The Morgan fingerprint density at radius 1 is 1.23 bits per heavy atom. The zero-order chi connectivity index (χ0) is 18.1. The van der Waals surface area contributed by atoms with Crippen LogP contribution in [-0.4, -0.2) is 27.0 Å². The Hall–Kier alpha value is -3.26. The minimum atomic E-state index is -0.356. The summed E-state index contributed by atoms with van der Waals surface area (Å²) in [6.07, 6.45) is 1.48. The third-order valence-electron chi connectivity index (χ3n) is 4.07. The summed E-state index contributed by atoms with van der Waals surface area (Å²) in [6, 6.07) is 10.2. The number of fused-ring (bicyclic) bond motifs is 2. The summed E-state index contributed by atoms with van der Waals surface area (Å²) in [4.78, 5) is 43.5. The summed E-state index contributed by atoms with van der Waals surface area (Å²) in [5.74, 6) is -0.356. The van der Waals surface area contributed by atoms with Crippen LogP contribution in [0.3, 0.4) is 0 Å². The summed E-state index contributed by atoms with van der Waals surface area (Å²) >= 11 is 1.35. The molecule has 0 aliphatic heterocycles. The Bertz CT molecular complexity index is 1240. The number of rotatable bonds is 4. The molecule has 0 bridgehead atoms. The minimum Gasteiger partial charge on any atom is -0.350 e. The Morgan fingerprint density at radius 2 is 2.08 bits per heavy atom. The van der Waals surface area contributed by atoms with Crippen molar-refractivity contribution in [2.75, 3.05) is 6.54 Å². The largest absolute Gasteiger partial charge is 0.350 e. The summed E-state index contributed by atoms with van der Waals surface area (Å²) in [6.45, 7) is 0.547. The molecule has 7 nitrogen and oxygen atoms in total. The number of thiophene rings is 1. The van der Waals surface area contributed by atoms with Gasteiger partial charge in [0.15, 0.2) is 0 Å². The number of aromatic amines is 1. The van der Waals surface area contributed by atoms with Gasteiger partial charge in [-0.3, -0.25) is 19.0 Å². The highest BCUT2D eigenvalue weighted by molar-refractivity contribution is 7.17. The number of hydrogen-bond acceptors (Lipinski definition) is 5.